The molecule has 0 aromatic heterocycles. The minimum absolute atomic E-state index is 0.129. The van der Waals surface area contributed by atoms with Crippen LogP contribution in [0.4, 0.5) is 5.69 Å². The summed E-state index contributed by atoms with van der Waals surface area (Å²) in [5.41, 5.74) is 0.435. The molecule has 0 saturated carbocycles. The molecule has 29 heavy (non-hydrogen) atoms. The summed E-state index contributed by atoms with van der Waals surface area (Å²) in [5.74, 6) is -1.38. The highest BCUT2D eigenvalue weighted by Crippen LogP contribution is 2.34. The number of fused-ring (bicyclic) bond motifs is 1. The predicted octanol–water partition coefficient (Wildman–Crippen LogP) is 2.00. The molecular formula is C20H27N3O5S. The maximum Gasteiger partial charge on any atom is 0.338 e. The second-order valence-electron chi connectivity index (χ2n) is 7.96. The fraction of sp³-hybridized carbons (Fsp3) is 0.550. The van der Waals surface area contributed by atoms with E-state index in [1.165, 1.54) is 17.3 Å². The highest BCUT2D eigenvalue weighted by atomic mass is 32.2. The summed E-state index contributed by atoms with van der Waals surface area (Å²) in [7, 11) is -3.42. The fourth-order valence-corrected chi connectivity index (χ4v) is 4.44. The van der Waals surface area contributed by atoms with E-state index in [9.17, 15) is 23.3 Å². The number of benzene rings is 1. The molecule has 0 fully saturated rings. The lowest BCUT2D eigenvalue weighted by Crippen LogP contribution is -2.52. The monoisotopic (exact) mass is 421 g/mol. The Hall–Kier alpha value is -2.60. The summed E-state index contributed by atoms with van der Waals surface area (Å²) >= 11 is 0. The maximum atomic E-state index is 12.5. The van der Waals surface area contributed by atoms with E-state index in [1.807, 2.05) is 13.8 Å². The maximum absolute atomic E-state index is 12.5. The summed E-state index contributed by atoms with van der Waals surface area (Å²) < 4.78 is 30.6. The van der Waals surface area contributed by atoms with Crippen molar-refractivity contribution in [2.75, 3.05) is 10.6 Å². The minimum atomic E-state index is -3.42. The van der Waals surface area contributed by atoms with Gasteiger partial charge in [-0.05, 0) is 56.9 Å². The zero-order valence-corrected chi connectivity index (χ0v) is 18.3. The number of hydrogen-bond acceptors (Lipinski definition) is 6. The zero-order chi connectivity index (χ0) is 22.1. The molecule has 0 radical (unpaired) electrons. The number of rotatable bonds is 6. The molecule has 3 unspecified atom stereocenters. The van der Waals surface area contributed by atoms with Crippen molar-refractivity contribution in [2.45, 2.75) is 58.7 Å². The van der Waals surface area contributed by atoms with Crippen molar-refractivity contribution in [3.8, 4) is 6.07 Å². The molecular weight excluding hydrogens is 394 g/mol. The van der Waals surface area contributed by atoms with Crippen LogP contribution in [0, 0.1) is 17.2 Å². The summed E-state index contributed by atoms with van der Waals surface area (Å²) in [6, 6.07) is 6.48. The van der Waals surface area contributed by atoms with Crippen LogP contribution in [0.1, 0.15) is 50.5 Å². The number of nitrogens with zero attached hydrogens (tertiary/aromatic N) is 2. The first-order chi connectivity index (χ1) is 13.3. The van der Waals surface area contributed by atoms with Gasteiger partial charge in [0.2, 0.25) is 10.0 Å². The van der Waals surface area contributed by atoms with Gasteiger partial charge in [0.25, 0.3) is 5.91 Å². The standard InChI is InChI=1S/C20H27N3O5S/c1-12(2)20(5,11-21)22-18(24)14(4)28-19(25)15-7-8-17-16(10-15)9-13(3)23(17)29(6,26)27/h7-8,10,12-14H,9H2,1-6H3,(H,22,24). The van der Waals surface area contributed by atoms with Crippen LogP contribution in [-0.4, -0.2) is 44.2 Å². The topological polar surface area (TPSA) is 117 Å². The molecule has 0 aliphatic carbocycles. The van der Waals surface area contributed by atoms with Gasteiger partial charge in [-0.15, -0.1) is 0 Å². The van der Waals surface area contributed by atoms with Crippen LogP contribution in [-0.2, 0) is 26.0 Å². The molecule has 1 amide bonds. The van der Waals surface area contributed by atoms with Crippen molar-refractivity contribution in [1.82, 2.24) is 5.32 Å². The first-order valence-electron chi connectivity index (χ1n) is 9.36. The zero-order valence-electron chi connectivity index (χ0n) is 17.5. The number of anilines is 1. The molecule has 158 valence electrons. The highest BCUT2D eigenvalue weighted by Gasteiger charge is 2.34. The van der Waals surface area contributed by atoms with Crippen molar-refractivity contribution >= 4 is 27.6 Å². The van der Waals surface area contributed by atoms with Gasteiger partial charge in [0.05, 0.1) is 23.6 Å². The highest BCUT2D eigenvalue weighted by molar-refractivity contribution is 7.92. The van der Waals surface area contributed by atoms with E-state index in [4.69, 9.17) is 4.74 Å². The summed E-state index contributed by atoms with van der Waals surface area (Å²) in [6.07, 6.45) is 0.537. The summed E-state index contributed by atoms with van der Waals surface area (Å²) in [6.45, 7) is 8.47. The molecule has 1 aromatic rings. The number of esters is 1. The van der Waals surface area contributed by atoms with E-state index in [0.29, 0.717) is 12.1 Å². The van der Waals surface area contributed by atoms with Gasteiger partial charge in [0.1, 0.15) is 5.54 Å². The Morgan fingerprint density at radius 2 is 1.97 bits per heavy atom. The third-order valence-corrected chi connectivity index (χ3v) is 6.52. The molecule has 1 heterocycles. The van der Waals surface area contributed by atoms with E-state index in [-0.39, 0.29) is 17.5 Å². The van der Waals surface area contributed by atoms with Gasteiger partial charge in [-0.2, -0.15) is 5.26 Å². The Labute approximate surface area is 171 Å². The van der Waals surface area contributed by atoms with Crippen molar-refractivity contribution in [1.29, 1.82) is 5.26 Å². The third kappa shape index (κ3) is 4.70. The number of nitrogens with one attached hydrogen (secondary N) is 1. The Kier molecular flexibility index (Phi) is 6.28. The van der Waals surface area contributed by atoms with Gasteiger partial charge in [-0.3, -0.25) is 9.10 Å². The number of carbonyl (C=O) groups is 2. The van der Waals surface area contributed by atoms with Gasteiger partial charge in [0.15, 0.2) is 6.10 Å². The van der Waals surface area contributed by atoms with Crippen LogP contribution in [0.5, 0.6) is 0 Å². The molecule has 0 spiro atoms. The molecule has 1 N–H and O–H groups in total. The van der Waals surface area contributed by atoms with Crippen molar-refractivity contribution in [2.24, 2.45) is 5.92 Å². The molecule has 2 rings (SSSR count). The molecule has 3 atom stereocenters. The fourth-order valence-electron chi connectivity index (χ4n) is 3.18. The normalized spacial score (nSPS) is 19.1. The second kappa shape index (κ2) is 8.03. The molecule has 8 nitrogen and oxygen atoms in total. The van der Waals surface area contributed by atoms with E-state index < -0.39 is 33.5 Å². The lowest BCUT2D eigenvalue weighted by Gasteiger charge is -2.28. The van der Waals surface area contributed by atoms with E-state index in [1.54, 1.807) is 26.0 Å². The third-order valence-electron chi connectivity index (χ3n) is 5.25. The molecule has 1 aromatic carbocycles. The quantitative estimate of drug-likeness (QED) is 0.702. The van der Waals surface area contributed by atoms with Gasteiger partial charge in [-0.25, -0.2) is 13.2 Å². The average molecular weight is 422 g/mol. The average Bonchev–Trinajstić information content (AvgIpc) is 2.95. The second-order valence-corrected chi connectivity index (χ2v) is 9.82. The van der Waals surface area contributed by atoms with E-state index >= 15 is 0 Å². The van der Waals surface area contributed by atoms with Crippen LogP contribution >= 0.6 is 0 Å². The molecule has 9 heteroatoms. The summed E-state index contributed by atoms with van der Waals surface area (Å²) in [5, 5.41) is 11.9. The largest absolute Gasteiger partial charge is 0.449 e. The molecule has 1 aliphatic heterocycles. The molecule has 0 bridgehead atoms. The Morgan fingerprint density at radius 1 is 1.34 bits per heavy atom. The first-order valence-corrected chi connectivity index (χ1v) is 11.2. The lowest BCUT2D eigenvalue weighted by atomic mass is 9.90. The van der Waals surface area contributed by atoms with Gasteiger partial charge < -0.3 is 10.1 Å². The Balaban J connectivity index is 2.14. The molecule has 0 saturated heterocycles. The number of ether oxygens (including phenoxy) is 1. The minimum Gasteiger partial charge on any atom is -0.449 e. The van der Waals surface area contributed by atoms with Crippen LogP contribution in [0.3, 0.4) is 0 Å². The number of carbonyl (C=O) groups excluding carboxylic acids is 2. The number of hydrogen-bond donors (Lipinski definition) is 1. The van der Waals surface area contributed by atoms with Gasteiger partial charge in [0, 0.05) is 6.04 Å². The number of sulfonamides is 1. The van der Waals surface area contributed by atoms with Crippen LogP contribution < -0.4 is 9.62 Å². The van der Waals surface area contributed by atoms with E-state index in [0.717, 1.165) is 11.8 Å². The van der Waals surface area contributed by atoms with E-state index in [2.05, 4.69) is 11.4 Å². The van der Waals surface area contributed by atoms with Gasteiger partial charge >= 0.3 is 5.97 Å². The Bertz CT molecular complexity index is 967. The number of nitriles is 1. The smallest absolute Gasteiger partial charge is 0.338 e. The van der Waals surface area contributed by atoms with Crippen molar-refractivity contribution in [3.63, 3.8) is 0 Å². The van der Waals surface area contributed by atoms with Crippen molar-refractivity contribution < 1.29 is 22.7 Å². The predicted molar refractivity (Wildman–Crippen MR) is 109 cm³/mol. The van der Waals surface area contributed by atoms with Gasteiger partial charge in [-0.1, -0.05) is 13.8 Å². The SMILES string of the molecule is CC(OC(=O)c1ccc2c(c1)CC(C)N2S(C)(=O)=O)C(=O)NC(C)(C#N)C(C)C. The van der Waals surface area contributed by atoms with Crippen molar-refractivity contribution in [3.05, 3.63) is 29.3 Å². The van der Waals surface area contributed by atoms with Crippen LogP contribution in [0.2, 0.25) is 0 Å². The van der Waals surface area contributed by atoms with Crippen LogP contribution in [0.15, 0.2) is 18.2 Å². The lowest BCUT2D eigenvalue weighted by molar-refractivity contribution is -0.130. The summed E-state index contributed by atoms with van der Waals surface area (Å²) in [4.78, 5) is 24.8. The van der Waals surface area contributed by atoms with Crippen LogP contribution in [0.25, 0.3) is 0 Å². The molecule has 1 aliphatic rings. The first kappa shape index (κ1) is 22.7. The number of amides is 1. The Morgan fingerprint density at radius 3 is 2.48 bits per heavy atom.